The average Bonchev–Trinajstić information content (AvgIpc) is 3.49. The van der Waals surface area contributed by atoms with Gasteiger partial charge in [-0.1, -0.05) is 121 Å². The van der Waals surface area contributed by atoms with Crippen molar-refractivity contribution in [2.75, 3.05) is 22.1 Å². The minimum absolute atomic E-state index is 0.204. The average molecular weight is 687 g/mol. The van der Waals surface area contributed by atoms with Crippen molar-refractivity contribution in [3.05, 3.63) is 203 Å². The van der Waals surface area contributed by atoms with Crippen molar-refractivity contribution in [1.82, 2.24) is 0 Å². The SMILES string of the molecule is Nc1cccc2c(C(=O)Nc3ccc(C4(c5ccc(NC(=O)c6cccc7c(N)cccc67)cc5)c5ccccc5-c5ccccc54)cc3)cccc12. The van der Waals surface area contributed by atoms with Crippen LogP contribution in [0.4, 0.5) is 22.7 Å². The minimum atomic E-state index is -0.654. The first-order valence-corrected chi connectivity index (χ1v) is 17.5. The van der Waals surface area contributed by atoms with Gasteiger partial charge in [-0.25, -0.2) is 0 Å². The molecule has 0 bridgehead atoms. The van der Waals surface area contributed by atoms with Crippen molar-refractivity contribution < 1.29 is 9.59 Å². The number of anilines is 4. The van der Waals surface area contributed by atoms with E-state index < -0.39 is 5.41 Å². The molecular weight excluding hydrogens is 653 g/mol. The zero-order valence-electron chi connectivity index (χ0n) is 28.6. The molecule has 0 radical (unpaired) electrons. The smallest absolute Gasteiger partial charge is 0.256 e. The molecule has 1 aliphatic carbocycles. The standard InChI is InChI=1S/C47H34N4O2/c48-43-19-7-11-33-37(43)13-5-15-39(33)45(52)50-31-25-21-29(22-26-31)47(41-17-3-1-9-35(41)36-10-2-4-18-42(36)47)30-23-27-32(28-24-30)51-46(53)40-16-6-14-38-34(40)12-8-20-44(38)49/h1-28H,48-49H2,(H,50,52)(H,51,53). The van der Waals surface area contributed by atoms with Crippen LogP contribution in [0.1, 0.15) is 43.0 Å². The normalized spacial score (nSPS) is 12.6. The maximum Gasteiger partial charge on any atom is 0.256 e. The molecule has 8 aromatic carbocycles. The predicted octanol–water partition coefficient (Wildman–Crippen LogP) is 10.0. The molecule has 0 spiro atoms. The third-order valence-corrected chi connectivity index (χ3v) is 10.5. The van der Waals surface area contributed by atoms with Crippen molar-refractivity contribution in [3.8, 4) is 11.1 Å². The van der Waals surface area contributed by atoms with Crippen molar-refractivity contribution in [2.45, 2.75) is 5.41 Å². The molecule has 2 amide bonds. The van der Waals surface area contributed by atoms with Gasteiger partial charge in [0.05, 0.1) is 5.41 Å². The Kier molecular flexibility index (Phi) is 7.52. The highest BCUT2D eigenvalue weighted by atomic mass is 16.2. The molecular formula is C47H34N4O2. The maximum atomic E-state index is 13.6. The van der Waals surface area contributed by atoms with Gasteiger partial charge in [-0.3, -0.25) is 9.59 Å². The van der Waals surface area contributed by atoms with Crippen molar-refractivity contribution >= 4 is 56.1 Å². The lowest BCUT2D eigenvalue weighted by atomic mass is 9.67. The Hall–Kier alpha value is -7.18. The van der Waals surface area contributed by atoms with Gasteiger partial charge in [-0.2, -0.15) is 0 Å². The monoisotopic (exact) mass is 686 g/mol. The Morgan fingerprint density at radius 3 is 1.21 bits per heavy atom. The van der Waals surface area contributed by atoms with Crippen LogP contribution >= 0.6 is 0 Å². The molecule has 8 aromatic rings. The van der Waals surface area contributed by atoms with Gasteiger partial charge in [0.25, 0.3) is 11.8 Å². The fraction of sp³-hybridized carbons (Fsp3) is 0.0213. The quantitative estimate of drug-likeness (QED) is 0.131. The van der Waals surface area contributed by atoms with Gasteiger partial charge in [0, 0.05) is 44.6 Å². The first-order chi connectivity index (χ1) is 25.9. The molecule has 0 unspecified atom stereocenters. The fourth-order valence-electron chi connectivity index (χ4n) is 8.09. The molecule has 254 valence electrons. The van der Waals surface area contributed by atoms with E-state index in [-0.39, 0.29) is 11.8 Å². The van der Waals surface area contributed by atoms with Crippen LogP contribution in [0.2, 0.25) is 0 Å². The molecule has 0 aliphatic heterocycles. The number of amides is 2. The number of nitrogens with one attached hydrogen (secondary N) is 2. The van der Waals surface area contributed by atoms with E-state index in [1.807, 2.05) is 97.1 Å². The molecule has 0 fully saturated rings. The highest BCUT2D eigenvalue weighted by Crippen LogP contribution is 2.56. The fourth-order valence-corrected chi connectivity index (χ4v) is 8.09. The van der Waals surface area contributed by atoms with Crippen LogP contribution in [0.25, 0.3) is 32.7 Å². The summed E-state index contributed by atoms with van der Waals surface area (Å²) in [6.07, 6.45) is 0. The first kappa shape index (κ1) is 31.8. The largest absolute Gasteiger partial charge is 0.398 e. The third kappa shape index (κ3) is 5.11. The number of carbonyl (C=O) groups excluding carboxylic acids is 2. The van der Waals surface area contributed by atoms with E-state index in [1.54, 1.807) is 0 Å². The molecule has 0 saturated carbocycles. The van der Waals surface area contributed by atoms with Crippen LogP contribution in [0.15, 0.2) is 170 Å². The van der Waals surface area contributed by atoms with Gasteiger partial charge in [-0.15, -0.1) is 0 Å². The Morgan fingerprint density at radius 2 is 0.774 bits per heavy atom. The summed E-state index contributed by atoms with van der Waals surface area (Å²) in [7, 11) is 0. The topological polar surface area (TPSA) is 110 Å². The minimum Gasteiger partial charge on any atom is -0.398 e. The summed E-state index contributed by atoms with van der Waals surface area (Å²) >= 11 is 0. The highest BCUT2D eigenvalue weighted by molar-refractivity contribution is 6.15. The van der Waals surface area contributed by atoms with Crippen molar-refractivity contribution in [3.63, 3.8) is 0 Å². The second-order valence-electron chi connectivity index (χ2n) is 13.4. The van der Waals surface area contributed by atoms with Crippen LogP contribution < -0.4 is 22.1 Å². The van der Waals surface area contributed by atoms with E-state index in [4.69, 9.17) is 11.5 Å². The van der Waals surface area contributed by atoms with E-state index in [2.05, 4.69) is 83.4 Å². The summed E-state index contributed by atoms with van der Waals surface area (Å²) in [6.45, 7) is 0. The zero-order valence-corrected chi connectivity index (χ0v) is 28.6. The van der Waals surface area contributed by atoms with Gasteiger partial charge in [-0.05, 0) is 92.7 Å². The number of nitrogens with two attached hydrogens (primary N) is 2. The number of fused-ring (bicyclic) bond motifs is 5. The van der Waals surface area contributed by atoms with E-state index in [1.165, 1.54) is 11.1 Å². The van der Waals surface area contributed by atoms with Gasteiger partial charge >= 0.3 is 0 Å². The zero-order chi connectivity index (χ0) is 36.1. The van der Waals surface area contributed by atoms with Crippen molar-refractivity contribution in [1.29, 1.82) is 0 Å². The summed E-state index contributed by atoms with van der Waals surface area (Å²) in [5, 5.41) is 9.52. The van der Waals surface area contributed by atoms with Crippen molar-refractivity contribution in [2.24, 2.45) is 0 Å². The predicted molar refractivity (Wildman–Crippen MR) is 216 cm³/mol. The lowest BCUT2D eigenvalue weighted by Crippen LogP contribution is -2.28. The van der Waals surface area contributed by atoms with E-state index in [0.29, 0.717) is 33.9 Å². The second-order valence-corrected chi connectivity index (χ2v) is 13.4. The van der Waals surface area contributed by atoms with Crippen LogP contribution in [-0.2, 0) is 5.41 Å². The molecule has 6 N–H and O–H groups in total. The molecule has 0 atom stereocenters. The molecule has 6 nitrogen and oxygen atoms in total. The molecule has 9 rings (SSSR count). The van der Waals surface area contributed by atoms with E-state index in [0.717, 1.165) is 43.8 Å². The summed E-state index contributed by atoms with van der Waals surface area (Å²) in [5.41, 5.74) is 22.3. The molecule has 0 aromatic heterocycles. The number of carbonyl (C=O) groups is 2. The molecule has 1 aliphatic rings. The number of rotatable bonds is 6. The molecule has 0 saturated heterocycles. The third-order valence-electron chi connectivity index (χ3n) is 10.5. The summed E-state index contributed by atoms with van der Waals surface area (Å²) < 4.78 is 0. The lowest BCUT2D eigenvalue weighted by Gasteiger charge is -2.34. The van der Waals surface area contributed by atoms with E-state index in [9.17, 15) is 9.59 Å². The van der Waals surface area contributed by atoms with Crippen LogP contribution in [0, 0.1) is 0 Å². The van der Waals surface area contributed by atoms with Gasteiger partial charge in [0.1, 0.15) is 0 Å². The number of benzene rings is 8. The van der Waals surface area contributed by atoms with Gasteiger partial charge in [0.2, 0.25) is 0 Å². The number of hydrogen-bond acceptors (Lipinski definition) is 4. The Labute approximate surface area is 306 Å². The Bertz CT molecular complexity index is 2550. The molecule has 53 heavy (non-hydrogen) atoms. The van der Waals surface area contributed by atoms with Crippen LogP contribution in [-0.4, -0.2) is 11.8 Å². The second kappa shape index (κ2) is 12.5. The molecule has 6 heteroatoms. The number of hydrogen-bond donors (Lipinski definition) is 4. The van der Waals surface area contributed by atoms with E-state index >= 15 is 0 Å². The summed E-state index contributed by atoms with van der Waals surface area (Å²) in [5.74, 6) is -0.408. The van der Waals surface area contributed by atoms with Gasteiger partial charge in [0.15, 0.2) is 0 Å². The highest BCUT2D eigenvalue weighted by Gasteiger charge is 2.45. The summed E-state index contributed by atoms with van der Waals surface area (Å²) in [6, 6.07) is 55.7. The number of nitrogen functional groups attached to an aromatic ring is 2. The lowest BCUT2D eigenvalue weighted by molar-refractivity contribution is 0.102. The first-order valence-electron chi connectivity index (χ1n) is 17.5. The Morgan fingerprint density at radius 1 is 0.396 bits per heavy atom. The Balaban J connectivity index is 1.09. The maximum absolute atomic E-state index is 13.6. The summed E-state index contributed by atoms with van der Waals surface area (Å²) in [4.78, 5) is 27.2. The van der Waals surface area contributed by atoms with Crippen LogP contribution in [0.3, 0.4) is 0 Å². The van der Waals surface area contributed by atoms with Gasteiger partial charge < -0.3 is 22.1 Å². The van der Waals surface area contributed by atoms with Crippen LogP contribution in [0.5, 0.6) is 0 Å². The molecule has 0 heterocycles.